The predicted molar refractivity (Wildman–Crippen MR) is 127 cm³/mol. The average molecular weight is 524 g/mol. The first-order valence-corrected chi connectivity index (χ1v) is 13.0. The van der Waals surface area contributed by atoms with Gasteiger partial charge in [-0.15, -0.1) is 0 Å². The van der Waals surface area contributed by atoms with Crippen molar-refractivity contribution in [1.82, 2.24) is 14.5 Å². The van der Waals surface area contributed by atoms with E-state index >= 15 is 0 Å². The predicted octanol–water partition coefficient (Wildman–Crippen LogP) is 3.25. The molecule has 12 heteroatoms. The smallest absolute Gasteiger partial charge is 0.475 e. The van der Waals surface area contributed by atoms with Crippen LogP contribution in [0.2, 0.25) is 0 Å². The molecule has 0 spiro atoms. The molecule has 1 heterocycles. The van der Waals surface area contributed by atoms with Crippen LogP contribution in [0.1, 0.15) is 49.3 Å². The number of halogens is 3. The van der Waals surface area contributed by atoms with Crippen LogP contribution in [0.4, 0.5) is 13.2 Å². The standard InChI is InChI=1S/C21H35N3O3S.C2HF3O2/c1-5-6-7-11-24(12-8-21(25)23-13-9-22-10-14-23)28(26,27)20-16-18(3)17(2)15-19(20)4;3-2(4,5)1(6)7/h15-16,22H,5-14H2,1-4H3;(H,6,7). The molecular weight excluding hydrogens is 487 g/mol. The van der Waals surface area contributed by atoms with Crippen LogP contribution in [-0.4, -0.2) is 80.1 Å². The number of aryl methyl sites for hydroxylation is 3. The van der Waals surface area contributed by atoms with Gasteiger partial charge in [0.25, 0.3) is 0 Å². The zero-order valence-electron chi connectivity index (χ0n) is 20.7. The van der Waals surface area contributed by atoms with Gasteiger partial charge in [-0.3, -0.25) is 4.79 Å². The minimum atomic E-state index is -5.08. The number of sulfonamides is 1. The van der Waals surface area contributed by atoms with Crippen molar-refractivity contribution in [3.63, 3.8) is 0 Å². The Hall–Kier alpha value is -2.18. The normalized spacial score (nSPS) is 14.5. The van der Waals surface area contributed by atoms with Gasteiger partial charge in [0.1, 0.15) is 0 Å². The Morgan fingerprint density at radius 1 is 1.03 bits per heavy atom. The average Bonchev–Trinajstić information content (AvgIpc) is 2.78. The van der Waals surface area contributed by atoms with Gasteiger partial charge >= 0.3 is 12.1 Å². The summed E-state index contributed by atoms with van der Waals surface area (Å²) in [7, 11) is -3.63. The van der Waals surface area contributed by atoms with Crippen molar-refractivity contribution in [3.8, 4) is 0 Å². The molecule has 0 aliphatic carbocycles. The highest BCUT2D eigenvalue weighted by Crippen LogP contribution is 2.24. The van der Waals surface area contributed by atoms with Crippen LogP contribution in [0.15, 0.2) is 17.0 Å². The van der Waals surface area contributed by atoms with Gasteiger partial charge in [-0.1, -0.05) is 25.8 Å². The quantitative estimate of drug-likeness (QED) is 0.482. The Balaban J connectivity index is 0.000000762. The summed E-state index contributed by atoms with van der Waals surface area (Å²) in [6, 6.07) is 3.70. The van der Waals surface area contributed by atoms with Crippen LogP contribution >= 0.6 is 0 Å². The van der Waals surface area contributed by atoms with Gasteiger partial charge < -0.3 is 15.3 Å². The Morgan fingerprint density at radius 3 is 2.09 bits per heavy atom. The molecule has 200 valence electrons. The molecule has 1 fully saturated rings. The van der Waals surface area contributed by atoms with Crippen molar-refractivity contribution in [2.45, 2.75) is 64.5 Å². The number of benzene rings is 1. The molecule has 1 amide bonds. The second-order valence-corrected chi connectivity index (χ2v) is 10.4. The molecule has 0 atom stereocenters. The summed E-state index contributed by atoms with van der Waals surface area (Å²) in [6.45, 7) is 11.5. The molecule has 2 rings (SSSR count). The lowest BCUT2D eigenvalue weighted by atomic mass is 10.1. The number of carbonyl (C=O) groups is 2. The first kappa shape index (κ1) is 30.9. The Labute approximate surface area is 205 Å². The minimum absolute atomic E-state index is 0.0361. The molecule has 0 radical (unpaired) electrons. The summed E-state index contributed by atoms with van der Waals surface area (Å²) < 4.78 is 60.0. The summed E-state index contributed by atoms with van der Waals surface area (Å²) >= 11 is 0. The first-order chi connectivity index (χ1) is 16.2. The molecule has 1 aliphatic rings. The maximum Gasteiger partial charge on any atom is 0.490 e. The summed E-state index contributed by atoms with van der Waals surface area (Å²) in [5.41, 5.74) is 2.81. The number of hydrogen-bond acceptors (Lipinski definition) is 5. The van der Waals surface area contributed by atoms with Crippen LogP contribution in [0.5, 0.6) is 0 Å². The first-order valence-electron chi connectivity index (χ1n) is 11.6. The van der Waals surface area contributed by atoms with E-state index in [1.807, 2.05) is 31.7 Å². The SMILES string of the molecule is CCCCCN(CCC(=O)N1CCNCC1)S(=O)(=O)c1cc(C)c(C)cc1C.O=C(O)C(F)(F)F. The number of carboxylic acid groups (broad SMARTS) is 1. The number of hydrogen-bond donors (Lipinski definition) is 2. The summed E-state index contributed by atoms with van der Waals surface area (Å²) in [6.07, 6.45) is -2.05. The molecule has 0 unspecified atom stereocenters. The van der Waals surface area contributed by atoms with E-state index in [1.54, 1.807) is 6.07 Å². The van der Waals surface area contributed by atoms with Crippen molar-refractivity contribution in [2.24, 2.45) is 0 Å². The Kier molecular flexibility index (Phi) is 12.2. The van der Waals surface area contributed by atoms with Crippen molar-refractivity contribution >= 4 is 21.9 Å². The fraction of sp³-hybridized carbons (Fsp3) is 0.652. The number of nitrogens with one attached hydrogen (secondary N) is 1. The van der Waals surface area contributed by atoms with Crippen LogP contribution in [0, 0.1) is 20.8 Å². The number of unbranched alkanes of at least 4 members (excludes halogenated alkanes) is 2. The van der Waals surface area contributed by atoms with Gasteiger partial charge in [0.05, 0.1) is 4.90 Å². The number of nitrogens with zero attached hydrogens (tertiary/aromatic N) is 2. The lowest BCUT2D eigenvalue weighted by Gasteiger charge is -2.29. The van der Waals surface area contributed by atoms with E-state index in [1.165, 1.54) is 4.31 Å². The van der Waals surface area contributed by atoms with E-state index < -0.39 is 22.2 Å². The van der Waals surface area contributed by atoms with Crippen molar-refractivity contribution in [2.75, 3.05) is 39.3 Å². The number of carboxylic acids is 1. The van der Waals surface area contributed by atoms with Crippen molar-refractivity contribution in [1.29, 1.82) is 0 Å². The van der Waals surface area contributed by atoms with E-state index in [-0.39, 0.29) is 18.9 Å². The molecule has 1 aromatic rings. The fourth-order valence-electron chi connectivity index (χ4n) is 3.53. The summed E-state index contributed by atoms with van der Waals surface area (Å²) in [5, 5.41) is 10.4. The minimum Gasteiger partial charge on any atom is -0.475 e. The third kappa shape index (κ3) is 9.77. The summed E-state index contributed by atoms with van der Waals surface area (Å²) in [4.78, 5) is 23.6. The molecule has 2 N–H and O–H groups in total. The van der Waals surface area contributed by atoms with E-state index in [9.17, 15) is 26.4 Å². The van der Waals surface area contributed by atoms with E-state index in [0.717, 1.165) is 49.0 Å². The number of aliphatic carboxylic acids is 1. The van der Waals surface area contributed by atoms with Crippen molar-refractivity contribution < 1.29 is 36.3 Å². The van der Waals surface area contributed by atoms with Gasteiger partial charge in [0.15, 0.2) is 0 Å². The van der Waals surface area contributed by atoms with Crippen LogP contribution in [-0.2, 0) is 19.6 Å². The number of rotatable bonds is 9. The number of piperazine rings is 1. The highest BCUT2D eigenvalue weighted by molar-refractivity contribution is 7.89. The molecule has 8 nitrogen and oxygen atoms in total. The lowest BCUT2D eigenvalue weighted by Crippen LogP contribution is -2.47. The largest absolute Gasteiger partial charge is 0.490 e. The van der Waals surface area contributed by atoms with E-state index in [4.69, 9.17) is 9.90 Å². The van der Waals surface area contributed by atoms with E-state index in [2.05, 4.69) is 12.2 Å². The Morgan fingerprint density at radius 2 is 1.57 bits per heavy atom. The van der Waals surface area contributed by atoms with Gasteiger partial charge in [-0.05, 0) is 49.9 Å². The monoisotopic (exact) mass is 523 g/mol. The van der Waals surface area contributed by atoms with Crippen LogP contribution < -0.4 is 5.32 Å². The topological polar surface area (TPSA) is 107 Å². The number of amides is 1. The fourth-order valence-corrected chi connectivity index (χ4v) is 5.30. The molecule has 0 bridgehead atoms. The second kappa shape index (κ2) is 13.8. The number of carbonyl (C=O) groups excluding carboxylic acids is 1. The molecule has 35 heavy (non-hydrogen) atoms. The second-order valence-electron chi connectivity index (χ2n) is 8.50. The number of alkyl halides is 3. The highest BCUT2D eigenvalue weighted by atomic mass is 32.2. The van der Waals surface area contributed by atoms with E-state index in [0.29, 0.717) is 24.5 Å². The van der Waals surface area contributed by atoms with Gasteiger partial charge in [-0.25, -0.2) is 13.2 Å². The van der Waals surface area contributed by atoms with Gasteiger partial charge in [0.2, 0.25) is 15.9 Å². The lowest BCUT2D eigenvalue weighted by molar-refractivity contribution is -0.192. The third-order valence-electron chi connectivity index (χ3n) is 5.71. The van der Waals surface area contributed by atoms with Gasteiger partial charge in [0, 0.05) is 45.7 Å². The maximum absolute atomic E-state index is 13.4. The van der Waals surface area contributed by atoms with Crippen LogP contribution in [0.25, 0.3) is 0 Å². The van der Waals surface area contributed by atoms with Crippen LogP contribution in [0.3, 0.4) is 0 Å². The third-order valence-corrected chi connectivity index (χ3v) is 7.75. The molecular formula is C23H36F3N3O5S. The molecule has 1 aromatic carbocycles. The molecule has 0 saturated carbocycles. The Bertz CT molecular complexity index is 962. The van der Waals surface area contributed by atoms with Crippen molar-refractivity contribution in [3.05, 3.63) is 28.8 Å². The van der Waals surface area contributed by atoms with Gasteiger partial charge in [-0.2, -0.15) is 17.5 Å². The zero-order chi connectivity index (χ0) is 26.8. The zero-order valence-corrected chi connectivity index (χ0v) is 21.6. The maximum atomic E-state index is 13.4. The molecule has 1 saturated heterocycles. The highest BCUT2D eigenvalue weighted by Gasteiger charge is 2.38. The molecule has 0 aromatic heterocycles. The summed E-state index contributed by atoms with van der Waals surface area (Å²) in [5.74, 6) is -2.72. The molecule has 1 aliphatic heterocycles.